The third kappa shape index (κ3) is 2.45. The van der Waals surface area contributed by atoms with Crippen molar-refractivity contribution in [3.8, 4) is 0 Å². The molecule has 0 saturated carbocycles. The third-order valence-electron chi connectivity index (χ3n) is 1.93. The SMILES string of the molecule is C=CC(=O)NCc1c(C)sc(C)c1Br. The van der Waals surface area contributed by atoms with Gasteiger partial charge in [-0.2, -0.15) is 0 Å². The maximum Gasteiger partial charge on any atom is 0.243 e. The Balaban J connectivity index is 2.76. The molecule has 0 saturated heterocycles. The minimum absolute atomic E-state index is 0.139. The van der Waals surface area contributed by atoms with Crippen LogP contribution in [0.4, 0.5) is 0 Å². The van der Waals surface area contributed by atoms with E-state index in [0.29, 0.717) is 6.54 Å². The highest BCUT2D eigenvalue weighted by Crippen LogP contribution is 2.31. The Morgan fingerprint density at radius 1 is 1.57 bits per heavy atom. The molecule has 0 bridgehead atoms. The molecule has 0 aliphatic carbocycles. The second kappa shape index (κ2) is 4.75. The van der Waals surface area contributed by atoms with Crippen LogP contribution in [0, 0.1) is 13.8 Å². The minimum Gasteiger partial charge on any atom is -0.348 e. The average molecular weight is 274 g/mol. The standard InChI is InChI=1S/C10H12BrNOS/c1-4-9(13)12-5-8-6(2)14-7(3)10(8)11/h4H,1,5H2,2-3H3,(H,12,13). The molecule has 76 valence electrons. The zero-order chi connectivity index (χ0) is 10.7. The van der Waals surface area contributed by atoms with Gasteiger partial charge in [-0.15, -0.1) is 11.3 Å². The highest BCUT2D eigenvalue weighted by molar-refractivity contribution is 9.10. The Kier molecular flexibility index (Phi) is 3.89. The Labute approximate surface area is 96.2 Å². The van der Waals surface area contributed by atoms with Gasteiger partial charge < -0.3 is 5.32 Å². The maximum absolute atomic E-state index is 11.0. The normalized spacial score (nSPS) is 9.93. The first-order valence-corrected chi connectivity index (χ1v) is 5.81. The van der Waals surface area contributed by atoms with Crippen molar-refractivity contribution in [3.63, 3.8) is 0 Å². The maximum atomic E-state index is 11.0. The van der Waals surface area contributed by atoms with Gasteiger partial charge in [0.25, 0.3) is 0 Å². The average Bonchev–Trinajstić information content (AvgIpc) is 2.39. The molecule has 0 atom stereocenters. The summed E-state index contributed by atoms with van der Waals surface area (Å²) in [5, 5.41) is 2.76. The molecule has 1 rings (SSSR count). The van der Waals surface area contributed by atoms with Gasteiger partial charge in [-0.1, -0.05) is 6.58 Å². The molecule has 0 radical (unpaired) electrons. The summed E-state index contributed by atoms with van der Waals surface area (Å²) in [7, 11) is 0. The number of halogens is 1. The van der Waals surface area contributed by atoms with Gasteiger partial charge in [0.2, 0.25) is 5.91 Å². The van der Waals surface area contributed by atoms with E-state index in [0.717, 1.165) is 10.0 Å². The monoisotopic (exact) mass is 273 g/mol. The van der Waals surface area contributed by atoms with Gasteiger partial charge in [-0.3, -0.25) is 4.79 Å². The van der Waals surface area contributed by atoms with Crippen LogP contribution in [0.15, 0.2) is 17.1 Å². The number of nitrogens with one attached hydrogen (secondary N) is 1. The van der Waals surface area contributed by atoms with E-state index < -0.39 is 0 Å². The second-order valence-electron chi connectivity index (χ2n) is 2.93. The van der Waals surface area contributed by atoms with E-state index in [1.165, 1.54) is 15.8 Å². The topological polar surface area (TPSA) is 29.1 Å². The summed E-state index contributed by atoms with van der Waals surface area (Å²) in [5.41, 5.74) is 1.16. The Morgan fingerprint density at radius 2 is 2.21 bits per heavy atom. The van der Waals surface area contributed by atoms with Crippen molar-refractivity contribution in [1.82, 2.24) is 5.32 Å². The van der Waals surface area contributed by atoms with Crippen molar-refractivity contribution in [2.75, 3.05) is 0 Å². The third-order valence-corrected chi connectivity index (χ3v) is 4.33. The number of hydrogen-bond acceptors (Lipinski definition) is 2. The van der Waals surface area contributed by atoms with Crippen molar-refractivity contribution in [1.29, 1.82) is 0 Å². The van der Waals surface area contributed by atoms with E-state index in [-0.39, 0.29) is 5.91 Å². The first-order valence-electron chi connectivity index (χ1n) is 4.21. The summed E-state index contributed by atoms with van der Waals surface area (Å²) in [6.07, 6.45) is 1.28. The lowest BCUT2D eigenvalue weighted by Crippen LogP contribution is -2.20. The van der Waals surface area contributed by atoms with Gasteiger partial charge in [-0.25, -0.2) is 0 Å². The highest BCUT2D eigenvalue weighted by Gasteiger charge is 2.10. The molecule has 0 unspecified atom stereocenters. The highest BCUT2D eigenvalue weighted by atomic mass is 79.9. The first kappa shape index (κ1) is 11.5. The van der Waals surface area contributed by atoms with E-state index in [2.05, 4.69) is 41.7 Å². The van der Waals surface area contributed by atoms with E-state index >= 15 is 0 Å². The van der Waals surface area contributed by atoms with Crippen LogP contribution < -0.4 is 5.32 Å². The van der Waals surface area contributed by atoms with Gasteiger partial charge in [0, 0.05) is 20.8 Å². The van der Waals surface area contributed by atoms with Crippen molar-refractivity contribution >= 4 is 33.2 Å². The number of carbonyl (C=O) groups is 1. The molecule has 1 heterocycles. The fraction of sp³-hybridized carbons (Fsp3) is 0.300. The van der Waals surface area contributed by atoms with Crippen LogP contribution in [0.25, 0.3) is 0 Å². The van der Waals surface area contributed by atoms with Gasteiger partial charge in [-0.05, 0) is 41.4 Å². The Morgan fingerprint density at radius 3 is 2.64 bits per heavy atom. The van der Waals surface area contributed by atoms with E-state index in [1.54, 1.807) is 11.3 Å². The zero-order valence-corrected chi connectivity index (χ0v) is 10.6. The summed E-state index contributed by atoms with van der Waals surface area (Å²) in [4.78, 5) is 13.4. The quantitative estimate of drug-likeness (QED) is 0.844. The smallest absolute Gasteiger partial charge is 0.243 e. The van der Waals surface area contributed by atoms with Gasteiger partial charge >= 0.3 is 0 Å². The molecule has 14 heavy (non-hydrogen) atoms. The van der Waals surface area contributed by atoms with Crippen molar-refractivity contribution in [3.05, 3.63) is 32.4 Å². The lowest BCUT2D eigenvalue weighted by atomic mass is 10.2. The number of rotatable bonds is 3. The number of aryl methyl sites for hydroxylation is 2. The molecule has 0 spiro atoms. The summed E-state index contributed by atoms with van der Waals surface area (Å²) in [6, 6.07) is 0. The van der Waals surface area contributed by atoms with Crippen molar-refractivity contribution in [2.45, 2.75) is 20.4 Å². The summed E-state index contributed by atoms with van der Waals surface area (Å²) >= 11 is 5.24. The molecule has 1 aromatic heterocycles. The number of hydrogen-bond donors (Lipinski definition) is 1. The lowest BCUT2D eigenvalue weighted by molar-refractivity contribution is -0.116. The lowest BCUT2D eigenvalue weighted by Gasteiger charge is -2.02. The zero-order valence-electron chi connectivity index (χ0n) is 8.19. The Hall–Kier alpha value is -0.610. The van der Waals surface area contributed by atoms with Crippen LogP contribution in [0.3, 0.4) is 0 Å². The predicted octanol–water partition coefficient (Wildman–Crippen LogP) is 2.93. The number of thiophene rings is 1. The largest absolute Gasteiger partial charge is 0.348 e. The molecule has 0 aliphatic heterocycles. The van der Waals surface area contributed by atoms with Gasteiger partial charge in [0.15, 0.2) is 0 Å². The predicted molar refractivity (Wildman–Crippen MR) is 63.5 cm³/mol. The van der Waals surface area contributed by atoms with Crippen LogP contribution in [-0.4, -0.2) is 5.91 Å². The molecule has 0 aromatic carbocycles. The van der Waals surface area contributed by atoms with E-state index in [1.807, 2.05) is 0 Å². The van der Waals surface area contributed by atoms with Crippen molar-refractivity contribution in [2.24, 2.45) is 0 Å². The summed E-state index contributed by atoms with van der Waals surface area (Å²) in [6.45, 7) is 8.07. The molecule has 4 heteroatoms. The van der Waals surface area contributed by atoms with Crippen LogP contribution >= 0.6 is 27.3 Å². The van der Waals surface area contributed by atoms with Gasteiger partial charge in [0.1, 0.15) is 0 Å². The fourth-order valence-electron chi connectivity index (χ4n) is 1.15. The molecule has 1 amide bonds. The molecule has 0 fully saturated rings. The molecule has 2 nitrogen and oxygen atoms in total. The summed E-state index contributed by atoms with van der Waals surface area (Å²) < 4.78 is 1.10. The summed E-state index contributed by atoms with van der Waals surface area (Å²) in [5.74, 6) is -0.139. The molecule has 1 aromatic rings. The van der Waals surface area contributed by atoms with Crippen LogP contribution in [-0.2, 0) is 11.3 Å². The molecule has 1 N–H and O–H groups in total. The minimum atomic E-state index is -0.139. The van der Waals surface area contributed by atoms with Crippen LogP contribution in [0.2, 0.25) is 0 Å². The first-order chi connectivity index (χ1) is 6.56. The number of amides is 1. The molecular formula is C10H12BrNOS. The fourth-order valence-corrected chi connectivity index (χ4v) is 2.93. The second-order valence-corrected chi connectivity index (χ2v) is 5.15. The molecule has 0 aliphatic rings. The Bertz CT molecular complexity index is 370. The van der Waals surface area contributed by atoms with E-state index in [4.69, 9.17) is 0 Å². The van der Waals surface area contributed by atoms with Crippen LogP contribution in [0.5, 0.6) is 0 Å². The number of carbonyl (C=O) groups excluding carboxylic acids is 1. The molecular weight excluding hydrogens is 262 g/mol. The van der Waals surface area contributed by atoms with Gasteiger partial charge in [0.05, 0.1) is 0 Å². The van der Waals surface area contributed by atoms with Crippen molar-refractivity contribution < 1.29 is 4.79 Å². The van der Waals surface area contributed by atoms with E-state index in [9.17, 15) is 4.79 Å². The van der Waals surface area contributed by atoms with Crippen LogP contribution in [0.1, 0.15) is 15.3 Å².